The highest BCUT2D eigenvalue weighted by Crippen LogP contribution is 2.33. The molecule has 1 aliphatic heterocycles. The van der Waals surface area contributed by atoms with Gasteiger partial charge in [-0.05, 0) is 31.0 Å². The molecule has 0 N–H and O–H groups in total. The third-order valence-corrected chi connectivity index (χ3v) is 4.87. The summed E-state index contributed by atoms with van der Waals surface area (Å²) in [6.45, 7) is -0.113. The molecule has 0 unspecified atom stereocenters. The maximum Gasteiger partial charge on any atom is 0.265 e. The number of nitrogens with zero attached hydrogens (tertiary/aromatic N) is 2. The van der Waals surface area contributed by atoms with Crippen molar-refractivity contribution in [3.8, 4) is 5.75 Å². The fourth-order valence-corrected chi connectivity index (χ4v) is 3.38. The van der Waals surface area contributed by atoms with E-state index in [1.807, 2.05) is 7.05 Å². The third-order valence-electron chi connectivity index (χ3n) is 4.87. The first-order valence-electron chi connectivity index (χ1n) is 8.38. The van der Waals surface area contributed by atoms with Crippen molar-refractivity contribution in [2.24, 2.45) is 0 Å². The van der Waals surface area contributed by atoms with Gasteiger partial charge in [0.25, 0.3) is 5.91 Å². The lowest BCUT2D eigenvalue weighted by Gasteiger charge is -2.34. The molecule has 2 amide bonds. The Bertz CT molecular complexity index is 652. The summed E-state index contributed by atoms with van der Waals surface area (Å²) in [4.78, 5) is 39.1. The summed E-state index contributed by atoms with van der Waals surface area (Å²) >= 11 is 0. The summed E-state index contributed by atoms with van der Waals surface area (Å²) < 4.78 is 5.39. The molecule has 1 aromatic rings. The van der Waals surface area contributed by atoms with Crippen molar-refractivity contribution in [3.05, 3.63) is 23.8 Å². The first-order chi connectivity index (χ1) is 11.6. The first-order valence-corrected chi connectivity index (χ1v) is 8.38. The zero-order valence-corrected chi connectivity index (χ0v) is 13.9. The van der Waals surface area contributed by atoms with Crippen LogP contribution in [0.25, 0.3) is 0 Å². The topological polar surface area (TPSA) is 66.9 Å². The van der Waals surface area contributed by atoms with Gasteiger partial charge in [-0.1, -0.05) is 19.3 Å². The average Bonchev–Trinajstić information content (AvgIpc) is 2.63. The molecule has 0 saturated heterocycles. The van der Waals surface area contributed by atoms with Crippen molar-refractivity contribution in [2.75, 3.05) is 25.1 Å². The number of anilines is 1. The molecule has 0 radical (unpaired) electrons. The molecule has 0 spiro atoms. The summed E-state index contributed by atoms with van der Waals surface area (Å²) in [6, 6.07) is 5.14. The van der Waals surface area contributed by atoms with E-state index in [0.29, 0.717) is 23.3 Å². The molecule has 2 aliphatic rings. The normalized spacial score (nSPS) is 17.9. The second-order valence-corrected chi connectivity index (χ2v) is 6.41. The highest BCUT2D eigenvalue weighted by Gasteiger charge is 2.30. The Balaban J connectivity index is 1.77. The molecule has 1 aromatic carbocycles. The van der Waals surface area contributed by atoms with E-state index < -0.39 is 0 Å². The third kappa shape index (κ3) is 3.27. The Morgan fingerprint density at radius 1 is 1.33 bits per heavy atom. The number of fused-ring (bicyclic) bond motifs is 1. The molecule has 128 valence electrons. The van der Waals surface area contributed by atoms with E-state index in [-0.39, 0.29) is 31.0 Å². The Morgan fingerprint density at radius 3 is 2.79 bits per heavy atom. The van der Waals surface area contributed by atoms with E-state index in [9.17, 15) is 14.4 Å². The predicted octanol–water partition coefficient (Wildman–Crippen LogP) is 2.02. The molecule has 1 heterocycles. The lowest BCUT2D eigenvalue weighted by Crippen LogP contribution is -2.48. The van der Waals surface area contributed by atoms with E-state index >= 15 is 0 Å². The highest BCUT2D eigenvalue weighted by molar-refractivity contribution is 6.02. The molecule has 1 fully saturated rings. The molecule has 0 bridgehead atoms. The molecular formula is C18H22N2O4. The lowest BCUT2D eigenvalue weighted by atomic mass is 9.94. The minimum Gasteiger partial charge on any atom is -0.482 e. The van der Waals surface area contributed by atoms with E-state index in [4.69, 9.17) is 4.74 Å². The zero-order chi connectivity index (χ0) is 17.1. The van der Waals surface area contributed by atoms with Crippen molar-refractivity contribution < 1.29 is 19.1 Å². The van der Waals surface area contributed by atoms with Gasteiger partial charge in [0.15, 0.2) is 6.61 Å². The van der Waals surface area contributed by atoms with Crippen LogP contribution in [0.15, 0.2) is 18.2 Å². The standard InChI is InChI=1S/C18H22N2O4/c1-19(14-5-3-2-4-6-14)17(22)10-20-15-9-13(11-21)7-8-16(15)24-12-18(20)23/h7-9,11,14H,2-6,10,12H2,1H3. The number of benzene rings is 1. The number of carbonyl (C=O) groups is 3. The number of carbonyl (C=O) groups excluding carboxylic acids is 3. The van der Waals surface area contributed by atoms with Gasteiger partial charge < -0.3 is 9.64 Å². The Morgan fingerprint density at radius 2 is 2.08 bits per heavy atom. The van der Waals surface area contributed by atoms with E-state index in [0.717, 1.165) is 25.7 Å². The van der Waals surface area contributed by atoms with Crippen LogP contribution in [0.5, 0.6) is 5.75 Å². The van der Waals surface area contributed by atoms with Crippen LogP contribution in [0.4, 0.5) is 5.69 Å². The molecule has 1 saturated carbocycles. The van der Waals surface area contributed by atoms with Crippen molar-refractivity contribution in [2.45, 2.75) is 38.1 Å². The molecule has 1 aliphatic carbocycles. The van der Waals surface area contributed by atoms with Crippen LogP contribution in [0, 0.1) is 0 Å². The van der Waals surface area contributed by atoms with Gasteiger partial charge in [-0.3, -0.25) is 19.3 Å². The lowest BCUT2D eigenvalue weighted by molar-refractivity contribution is -0.133. The number of hydrogen-bond donors (Lipinski definition) is 0. The van der Waals surface area contributed by atoms with Crippen molar-refractivity contribution in [3.63, 3.8) is 0 Å². The Labute approximate surface area is 141 Å². The van der Waals surface area contributed by atoms with Gasteiger partial charge in [0, 0.05) is 18.7 Å². The Kier molecular flexibility index (Phi) is 4.83. The minimum atomic E-state index is -0.268. The predicted molar refractivity (Wildman–Crippen MR) is 89.3 cm³/mol. The summed E-state index contributed by atoms with van der Waals surface area (Å²) in [7, 11) is 1.81. The molecule has 0 aromatic heterocycles. The number of likely N-dealkylation sites (N-methyl/N-ethyl adjacent to an activating group) is 1. The van der Waals surface area contributed by atoms with Crippen LogP contribution < -0.4 is 9.64 Å². The minimum absolute atomic E-state index is 0.0233. The number of aldehydes is 1. The van der Waals surface area contributed by atoms with E-state index in [1.54, 1.807) is 23.1 Å². The second kappa shape index (κ2) is 7.03. The quantitative estimate of drug-likeness (QED) is 0.792. The van der Waals surface area contributed by atoms with Crippen LogP contribution in [0.3, 0.4) is 0 Å². The largest absolute Gasteiger partial charge is 0.482 e. The van der Waals surface area contributed by atoms with Gasteiger partial charge in [-0.15, -0.1) is 0 Å². The molecule has 3 rings (SSSR count). The van der Waals surface area contributed by atoms with Crippen molar-refractivity contribution in [1.82, 2.24) is 4.90 Å². The molecule has 24 heavy (non-hydrogen) atoms. The monoisotopic (exact) mass is 330 g/mol. The maximum atomic E-state index is 12.6. The van der Waals surface area contributed by atoms with Crippen LogP contribution in [0.2, 0.25) is 0 Å². The van der Waals surface area contributed by atoms with Crippen molar-refractivity contribution in [1.29, 1.82) is 0 Å². The molecule has 6 nitrogen and oxygen atoms in total. The molecule has 6 heteroatoms. The van der Waals surface area contributed by atoms with Gasteiger partial charge in [0.05, 0.1) is 5.69 Å². The first kappa shape index (κ1) is 16.5. The number of hydrogen-bond acceptors (Lipinski definition) is 4. The molecule has 0 atom stereocenters. The van der Waals surface area contributed by atoms with Crippen LogP contribution >= 0.6 is 0 Å². The SMILES string of the molecule is CN(C(=O)CN1C(=O)COc2ccc(C=O)cc21)C1CCCCC1. The Hall–Kier alpha value is -2.37. The number of amides is 2. The van der Waals surface area contributed by atoms with Gasteiger partial charge >= 0.3 is 0 Å². The van der Waals surface area contributed by atoms with Crippen LogP contribution in [-0.2, 0) is 9.59 Å². The van der Waals surface area contributed by atoms with Gasteiger partial charge in [-0.2, -0.15) is 0 Å². The van der Waals surface area contributed by atoms with Crippen LogP contribution in [0.1, 0.15) is 42.5 Å². The zero-order valence-electron chi connectivity index (χ0n) is 13.9. The van der Waals surface area contributed by atoms with Gasteiger partial charge in [0.1, 0.15) is 18.6 Å². The maximum absolute atomic E-state index is 12.6. The van der Waals surface area contributed by atoms with Crippen LogP contribution in [-0.4, -0.2) is 49.2 Å². The van der Waals surface area contributed by atoms with E-state index in [2.05, 4.69) is 0 Å². The summed E-state index contributed by atoms with van der Waals surface area (Å²) in [5.74, 6) is 0.170. The van der Waals surface area contributed by atoms with Gasteiger partial charge in [0.2, 0.25) is 5.91 Å². The fraction of sp³-hybridized carbons (Fsp3) is 0.500. The average molecular weight is 330 g/mol. The number of ether oxygens (including phenoxy) is 1. The fourth-order valence-electron chi connectivity index (χ4n) is 3.38. The van der Waals surface area contributed by atoms with Gasteiger partial charge in [-0.25, -0.2) is 0 Å². The molecular weight excluding hydrogens is 308 g/mol. The summed E-state index contributed by atoms with van der Waals surface area (Å²) in [6.07, 6.45) is 6.26. The summed E-state index contributed by atoms with van der Waals surface area (Å²) in [5.41, 5.74) is 0.936. The number of rotatable bonds is 4. The highest BCUT2D eigenvalue weighted by atomic mass is 16.5. The smallest absolute Gasteiger partial charge is 0.265 e. The van der Waals surface area contributed by atoms with E-state index in [1.165, 1.54) is 11.3 Å². The second-order valence-electron chi connectivity index (χ2n) is 6.41. The van der Waals surface area contributed by atoms with Crippen molar-refractivity contribution >= 4 is 23.8 Å². The summed E-state index contributed by atoms with van der Waals surface area (Å²) in [5, 5.41) is 0.